The zero-order valence-electron chi connectivity index (χ0n) is 30.3. The van der Waals surface area contributed by atoms with Crippen molar-refractivity contribution in [3.8, 4) is 0 Å². The summed E-state index contributed by atoms with van der Waals surface area (Å²) in [5.74, 6) is -0.332. The first kappa shape index (κ1) is 43.8. The molecular formula is C37H75N2O6+. The minimum atomic E-state index is -0.166. The van der Waals surface area contributed by atoms with Gasteiger partial charge in [0.1, 0.15) is 19.8 Å². The number of aliphatic hydroxyl groups excluding tert-OH is 1. The fourth-order valence-corrected chi connectivity index (χ4v) is 5.35. The molecule has 0 aliphatic heterocycles. The molecule has 0 aliphatic carbocycles. The van der Waals surface area contributed by atoms with Gasteiger partial charge in [0.05, 0.1) is 33.8 Å². The molecule has 0 saturated carbocycles. The van der Waals surface area contributed by atoms with Gasteiger partial charge >= 0.3 is 11.9 Å². The molecule has 0 aromatic heterocycles. The van der Waals surface area contributed by atoms with E-state index >= 15 is 0 Å². The number of hydroxylamine groups is 2. The number of hydrogen-bond acceptors (Lipinski definition) is 7. The number of quaternary nitrogens is 1. The third-order valence-electron chi connectivity index (χ3n) is 8.47. The molecule has 0 saturated heterocycles. The largest absolute Gasteiger partial charge is 0.464 e. The first-order valence-electron chi connectivity index (χ1n) is 19.0. The van der Waals surface area contributed by atoms with Gasteiger partial charge in [-0.1, -0.05) is 142 Å². The van der Waals surface area contributed by atoms with Crippen molar-refractivity contribution in [1.82, 2.24) is 5.06 Å². The summed E-state index contributed by atoms with van der Waals surface area (Å²) in [5, 5.41) is 11.0. The first-order valence-corrected chi connectivity index (χ1v) is 19.0. The summed E-state index contributed by atoms with van der Waals surface area (Å²) in [5.41, 5.74) is 0. The van der Waals surface area contributed by atoms with Gasteiger partial charge in [0.2, 0.25) is 6.73 Å². The van der Waals surface area contributed by atoms with E-state index in [1.54, 1.807) is 5.06 Å². The fourth-order valence-electron chi connectivity index (χ4n) is 5.35. The maximum atomic E-state index is 12.3. The lowest BCUT2D eigenvalue weighted by atomic mass is 10.1. The van der Waals surface area contributed by atoms with Crippen LogP contribution < -0.4 is 0 Å². The minimum Gasteiger partial charge on any atom is -0.464 e. The number of nitrogens with zero attached hydrogens (tertiary/aromatic N) is 2. The van der Waals surface area contributed by atoms with Crippen molar-refractivity contribution in [3.63, 3.8) is 0 Å². The Morgan fingerprint density at radius 3 is 1.22 bits per heavy atom. The number of likely N-dealkylation sites (N-methyl/N-ethyl adjacent to an activating group) is 1. The highest BCUT2D eigenvalue weighted by Crippen LogP contribution is 2.13. The summed E-state index contributed by atoms with van der Waals surface area (Å²) in [6.45, 7) is 6.78. The van der Waals surface area contributed by atoms with Gasteiger partial charge in [-0.15, -0.1) is 0 Å². The second-order valence-corrected chi connectivity index (χ2v) is 13.6. The number of esters is 2. The zero-order valence-corrected chi connectivity index (χ0v) is 30.3. The van der Waals surface area contributed by atoms with Crippen molar-refractivity contribution in [2.45, 2.75) is 168 Å². The van der Waals surface area contributed by atoms with Crippen molar-refractivity contribution in [2.75, 3.05) is 60.3 Å². The Morgan fingerprint density at radius 2 is 0.889 bits per heavy atom. The van der Waals surface area contributed by atoms with Crippen molar-refractivity contribution in [2.24, 2.45) is 0 Å². The molecule has 0 heterocycles. The van der Waals surface area contributed by atoms with E-state index in [1.807, 2.05) is 14.1 Å². The summed E-state index contributed by atoms with van der Waals surface area (Å²) in [6.07, 6.45) is 28.4. The number of carbonyl (C=O) groups is 2. The summed E-state index contributed by atoms with van der Waals surface area (Å²) in [4.78, 5) is 30.5. The number of unbranched alkanes of at least 4 members (excludes halogenated alkanes) is 20. The highest BCUT2D eigenvalue weighted by molar-refractivity contribution is 5.69. The van der Waals surface area contributed by atoms with Gasteiger partial charge in [-0.05, 0) is 12.8 Å². The maximum Gasteiger partial charge on any atom is 0.305 e. The van der Waals surface area contributed by atoms with Crippen LogP contribution in [0.25, 0.3) is 0 Å². The molecule has 0 aliphatic rings. The van der Waals surface area contributed by atoms with Crippen LogP contribution in [-0.2, 0) is 23.9 Å². The highest BCUT2D eigenvalue weighted by atomic mass is 16.7. The van der Waals surface area contributed by atoms with Crippen molar-refractivity contribution >= 4 is 11.9 Å². The molecule has 0 rings (SSSR count). The summed E-state index contributed by atoms with van der Waals surface area (Å²) in [6, 6.07) is 0. The van der Waals surface area contributed by atoms with Crippen LogP contribution in [0, 0.1) is 0 Å². The highest BCUT2D eigenvalue weighted by Gasteiger charge is 2.18. The van der Waals surface area contributed by atoms with Crippen LogP contribution in [0.3, 0.4) is 0 Å². The number of carbonyl (C=O) groups excluding carboxylic acids is 2. The normalized spacial score (nSPS) is 11.8. The van der Waals surface area contributed by atoms with Crippen LogP contribution in [-0.4, -0.2) is 86.9 Å². The minimum absolute atomic E-state index is 0.0731. The quantitative estimate of drug-likeness (QED) is 0.0243. The molecule has 0 aromatic carbocycles. The maximum absolute atomic E-state index is 12.3. The molecule has 45 heavy (non-hydrogen) atoms. The standard InChI is InChI=1S/C37H75N2O6/c1-5-7-9-11-13-15-17-19-21-23-25-27-36(41)43-33-29-38(45-35-39(3,4)31-32-40)30-34-44-37(42)28-26-24-22-20-18-16-14-12-10-8-6-2/h40H,5-35H2,1-4H3/q+1. The van der Waals surface area contributed by atoms with E-state index < -0.39 is 0 Å². The zero-order chi connectivity index (χ0) is 33.3. The molecule has 1 N–H and O–H groups in total. The van der Waals surface area contributed by atoms with Gasteiger partial charge in [0, 0.05) is 12.8 Å². The molecular weight excluding hydrogens is 568 g/mol. The Morgan fingerprint density at radius 1 is 0.556 bits per heavy atom. The molecule has 268 valence electrons. The van der Waals surface area contributed by atoms with Gasteiger partial charge in [0.15, 0.2) is 0 Å². The Bertz CT molecular complexity index is 617. The van der Waals surface area contributed by atoms with Gasteiger partial charge < -0.3 is 19.1 Å². The molecule has 0 spiro atoms. The Balaban J connectivity index is 4.09. The van der Waals surface area contributed by atoms with Gasteiger partial charge in [-0.2, -0.15) is 5.06 Å². The van der Waals surface area contributed by atoms with Crippen LogP contribution in [0.5, 0.6) is 0 Å². The predicted molar refractivity (Wildman–Crippen MR) is 186 cm³/mol. The molecule has 0 bridgehead atoms. The number of hydrogen-bond donors (Lipinski definition) is 1. The lowest BCUT2D eigenvalue weighted by Crippen LogP contribution is -2.47. The number of ether oxygens (including phenoxy) is 2. The monoisotopic (exact) mass is 644 g/mol. The number of aliphatic hydroxyl groups is 1. The Kier molecular flexibility index (Phi) is 31.8. The van der Waals surface area contributed by atoms with E-state index in [0.29, 0.717) is 43.7 Å². The molecule has 0 fully saturated rings. The van der Waals surface area contributed by atoms with Crippen LogP contribution in [0.4, 0.5) is 0 Å². The molecule has 0 atom stereocenters. The molecule has 8 nitrogen and oxygen atoms in total. The van der Waals surface area contributed by atoms with Crippen LogP contribution in [0.2, 0.25) is 0 Å². The second-order valence-electron chi connectivity index (χ2n) is 13.6. The number of rotatable bonds is 35. The topological polar surface area (TPSA) is 85.3 Å². The first-order chi connectivity index (χ1) is 21.8. The van der Waals surface area contributed by atoms with E-state index in [0.717, 1.165) is 25.7 Å². The Hall–Kier alpha value is -1.22. The molecule has 0 unspecified atom stereocenters. The van der Waals surface area contributed by atoms with Crippen LogP contribution >= 0.6 is 0 Å². The van der Waals surface area contributed by atoms with E-state index in [4.69, 9.17) is 14.3 Å². The summed E-state index contributed by atoms with van der Waals surface area (Å²) >= 11 is 0. The fraction of sp³-hybridized carbons (Fsp3) is 0.946. The average molecular weight is 644 g/mol. The average Bonchev–Trinajstić information content (AvgIpc) is 3.01. The van der Waals surface area contributed by atoms with Gasteiger partial charge in [0.25, 0.3) is 0 Å². The van der Waals surface area contributed by atoms with Gasteiger partial charge in [-0.3, -0.25) is 9.59 Å². The SMILES string of the molecule is CCCCCCCCCCCCCC(=O)OCCN(CCOC(=O)CCCCCCCCCCCCC)OC[N+](C)(C)CCO. The van der Waals surface area contributed by atoms with Crippen molar-refractivity contribution in [1.29, 1.82) is 0 Å². The molecule has 0 radical (unpaired) electrons. The third-order valence-corrected chi connectivity index (χ3v) is 8.47. The molecule has 0 aromatic rings. The van der Waals surface area contributed by atoms with E-state index in [1.165, 1.54) is 116 Å². The van der Waals surface area contributed by atoms with Crippen LogP contribution in [0.1, 0.15) is 168 Å². The van der Waals surface area contributed by atoms with Crippen molar-refractivity contribution < 1.29 is 33.5 Å². The second kappa shape index (κ2) is 32.7. The van der Waals surface area contributed by atoms with E-state index in [2.05, 4.69) is 13.8 Å². The molecule has 8 heteroatoms. The summed E-state index contributed by atoms with van der Waals surface area (Å²) < 4.78 is 11.5. The molecule has 0 amide bonds. The predicted octanol–water partition coefficient (Wildman–Crippen LogP) is 8.73. The van der Waals surface area contributed by atoms with Gasteiger partial charge in [-0.25, -0.2) is 4.84 Å². The summed E-state index contributed by atoms with van der Waals surface area (Å²) in [7, 11) is 3.96. The smallest absolute Gasteiger partial charge is 0.305 e. The lowest BCUT2D eigenvalue weighted by molar-refractivity contribution is -0.914. The van der Waals surface area contributed by atoms with E-state index in [-0.39, 0.29) is 31.8 Å². The van der Waals surface area contributed by atoms with Crippen LogP contribution in [0.15, 0.2) is 0 Å². The third kappa shape index (κ3) is 32.5. The Labute approximate surface area is 278 Å². The van der Waals surface area contributed by atoms with Crippen molar-refractivity contribution in [3.05, 3.63) is 0 Å². The van der Waals surface area contributed by atoms with E-state index in [9.17, 15) is 14.7 Å². The lowest BCUT2D eigenvalue weighted by Gasteiger charge is -2.31.